The van der Waals surface area contributed by atoms with Crippen LogP contribution in [0.5, 0.6) is 5.75 Å². The third-order valence-corrected chi connectivity index (χ3v) is 2.39. The maximum atomic E-state index is 9.57. The highest BCUT2D eigenvalue weighted by atomic mass is 35.5. The Morgan fingerprint density at radius 3 is 2.33 bits per heavy atom. The predicted octanol–water partition coefficient (Wildman–Crippen LogP) is 3.25. The lowest BCUT2D eigenvalue weighted by Crippen LogP contribution is -2.11. The minimum absolute atomic E-state index is 0. The Kier molecular flexibility index (Phi) is 6.37. The molecule has 0 saturated heterocycles. The molecule has 3 heteroatoms. The Morgan fingerprint density at radius 1 is 1.20 bits per heavy atom. The first-order chi connectivity index (χ1) is 6.61. The normalized spacial score (nSPS) is 12.3. The predicted molar refractivity (Wildman–Crippen MR) is 66.4 cm³/mol. The Morgan fingerprint density at radius 2 is 1.80 bits per heavy atom. The van der Waals surface area contributed by atoms with E-state index in [2.05, 4.69) is 13.8 Å². The van der Waals surface area contributed by atoms with Gasteiger partial charge in [0, 0.05) is 11.6 Å². The van der Waals surface area contributed by atoms with Crippen LogP contribution in [0.15, 0.2) is 24.3 Å². The molecule has 0 fully saturated rings. The van der Waals surface area contributed by atoms with Gasteiger partial charge >= 0.3 is 0 Å². The molecule has 0 heterocycles. The standard InChI is InChI=1S/C12H19NO.ClH/c1-9(2)7-8-11(13)10-5-3-4-6-12(10)14;/h3-6,9,11,14H,7-8,13H2,1-2H3;1H/t11-;/m0./s1. The average Bonchev–Trinajstić information content (AvgIpc) is 2.15. The number of para-hydroxylation sites is 1. The van der Waals surface area contributed by atoms with Gasteiger partial charge in [-0.05, 0) is 24.8 Å². The first-order valence-electron chi connectivity index (χ1n) is 5.14. The molecule has 0 unspecified atom stereocenters. The number of nitrogens with two attached hydrogens (primary N) is 1. The molecule has 0 spiro atoms. The molecule has 86 valence electrons. The topological polar surface area (TPSA) is 46.2 Å². The van der Waals surface area contributed by atoms with Crippen LogP contribution in [-0.2, 0) is 0 Å². The summed E-state index contributed by atoms with van der Waals surface area (Å²) >= 11 is 0. The van der Waals surface area contributed by atoms with Crippen LogP contribution < -0.4 is 5.73 Å². The summed E-state index contributed by atoms with van der Waals surface area (Å²) in [7, 11) is 0. The van der Waals surface area contributed by atoms with Gasteiger partial charge in [0.05, 0.1) is 0 Å². The van der Waals surface area contributed by atoms with Gasteiger partial charge in [-0.3, -0.25) is 0 Å². The molecule has 15 heavy (non-hydrogen) atoms. The van der Waals surface area contributed by atoms with E-state index in [4.69, 9.17) is 5.73 Å². The molecule has 0 radical (unpaired) electrons. The lowest BCUT2D eigenvalue weighted by Gasteiger charge is -2.14. The van der Waals surface area contributed by atoms with E-state index in [-0.39, 0.29) is 18.4 Å². The van der Waals surface area contributed by atoms with Crippen molar-refractivity contribution in [3.63, 3.8) is 0 Å². The van der Waals surface area contributed by atoms with E-state index >= 15 is 0 Å². The average molecular weight is 230 g/mol. The zero-order valence-electron chi connectivity index (χ0n) is 9.31. The third-order valence-electron chi connectivity index (χ3n) is 2.39. The highest BCUT2D eigenvalue weighted by Gasteiger charge is 2.10. The maximum absolute atomic E-state index is 9.57. The summed E-state index contributed by atoms with van der Waals surface area (Å²) in [6.07, 6.45) is 2.02. The number of aromatic hydroxyl groups is 1. The van der Waals surface area contributed by atoms with Crippen molar-refractivity contribution < 1.29 is 5.11 Å². The summed E-state index contributed by atoms with van der Waals surface area (Å²) in [5.41, 5.74) is 6.84. The molecular weight excluding hydrogens is 210 g/mol. The largest absolute Gasteiger partial charge is 0.508 e. The summed E-state index contributed by atoms with van der Waals surface area (Å²) in [6, 6.07) is 7.25. The molecule has 0 aromatic heterocycles. The Balaban J connectivity index is 0.00000196. The molecule has 2 nitrogen and oxygen atoms in total. The van der Waals surface area contributed by atoms with Gasteiger partial charge < -0.3 is 10.8 Å². The van der Waals surface area contributed by atoms with Crippen LogP contribution in [0.4, 0.5) is 0 Å². The monoisotopic (exact) mass is 229 g/mol. The highest BCUT2D eigenvalue weighted by Crippen LogP contribution is 2.25. The smallest absolute Gasteiger partial charge is 0.120 e. The number of hydrogen-bond acceptors (Lipinski definition) is 2. The molecule has 0 bridgehead atoms. The molecule has 0 aliphatic rings. The van der Waals surface area contributed by atoms with E-state index in [1.165, 1.54) is 0 Å². The lowest BCUT2D eigenvalue weighted by molar-refractivity contribution is 0.448. The second-order valence-corrected chi connectivity index (χ2v) is 4.14. The Bertz CT molecular complexity index is 289. The molecule has 0 saturated carbocycles. The van der Waals surface area contributed by atoms with Crippen molar-refractivity contribution >= 4 is 12.4 Å². The van der Waals surface area contributed by atoms with E-state index in [9.17, 15) is 5.11 Å². The van der Waals surface area contributed by atoms with E-state index in [0.29, 0.717) is 11.7 Å². The molecule has 1 aromatic carbocycles. The molecule has 1 aromatic rings. The minimum atomic E-state index is -0.0430. The third kappa shape index (κ3) is 4.54. The van der Waals surface area contributed by atoms with Crippen LogP contribution in [-0.4, -0.2) is 5.11 Å². The minimum Gasteiger partial charge on any atom is -0.508 e. The summed E-state index contributed by atoms with van der Waals surface area (Å²) in [5, 5.41) is 9.57. The number of phenolic OH excluding ortho intramolecular Hbond substituents is 1. The second-order valence-electron chi connectivity index (χ2n) is 4.14. The van der Waals surface area contributed by atoms with Gasteiger partial charge in [0.2, 0.25) is 0 Å². The van der Waals surface area contributed by atoms with Gasteiger partial charge in [-0.2, -0.15) is 0 Å². The fourth-order valence-corrected chi connectivity index (χ4v) is 1.47. The molecule has 0 aliphatic carbocycles. The van der Waals surface area contributed by atoms with E-state index < -0.39 is 0 Å². The van der Waals surface area contributed by atoms with Crippen molar-refractivity contribution in [3.05, 3.63) is 29.8 Å². The first kappa shape index (κ1) is 14.3. The van der Waals surface area contributed by atoms with Crippen LogP contribution in [0, 0.1) is 5.92 Å². The van der Waals surface area contributed by atoms with Crippen molar-refractivity contribution in [3.8, 4) is 5.75 Å². The number of benzene rings is 1. The quantitative estimate of drug-likeness (QED) is 0.833. The molecule has 0 aliphatic heterocycles. The number of phenols is 1. The van der Waals surface area contributed by atoms with Gasteiger partial charge in [0.15, 0.2) is 0 Å². The van der Waals surface area contributed by atoms with Crippen LogP contribution >= 0.6 is 12.4 Å². The first-order valence-corrected chi connectivity index (χ1v) is 5.14. The number of halogens is 1. The summed E-state index contributed by atoms with van der Waals surface area (Å²) in [6.45, 7) is 4.36. The van der Waals surface area contributed by atoms with Gasteiger partial charge in [-0.15, -0.1) is 12.4 Å². The van der Waals surface area contributed by atoms with Gasteiger partial charge in [0.25, 0.3) is 0 Å². The lowest BCUT2D eigenvalue weighted by atomic mass is 9.98. The van der Waals surface area contributed by atoms with Crippen molar-refractivity contribution in [2.75, 3.05) is 0 Å². The molecule has 1 rings (SSSR count). The van der Waals surface area contributed by atoms with Crippen LogP contribution in [0.2, 0.25) is 0 Å². The molecule has 1 atom stereocenters. The van der Waals surface area contributed by atoms with E-state index in [1.54, 1.807) is 6.07 Å². The number of rotatable bonds is 4. The van der Waals surface area contributed by atoms with Crippen LogP contribution in [0.3, 0.4) is 0 Å². The van der Waals surface area contributed by atoms with Gasteiger partial charge in [-0.1, -0.05) is 32.0 Å². The fourth-order valence-electron chi connectivity index (χ4n) is 1.47. The van der Waals surface area contributed by atoms with Crippen molar-refractivity contribution in [2.24, 2.45) is 11.7 Å². The van der Waals surface area contributed by atoms with Gasteiger partial charge in [0.1, 0.15) is 5.75 Å². The number of hydrogen-bond donors (Lipinski definition) is 2. The summed E-state index contributed by atoms with van der Waals surface area (Å²) in [5.74, 6) is 0.968. The van der Waals surface area contributed by atoms with Crippen molar-refractivity contribution in [1.29, 1.82) is 0 Å². The van der Waals surface area contributed by atoms with Crippen molar-refractivity contribution in [1.82, 2.24) is 0 Å². The molecular formula is C12H20ClNO. The van der Waals surface area contributed by atoms with Crippen molar-refractivity contribution in [2.45, 2.75) is 32.7 Å². The zero-order valence-corrected chi connectivity index (χ0v) is 10.1. The van der Waals surface area contributed by atoms with E-state index in [1.807, 2.05) is 18.2 Å². The fraction of sp³-hybridized carbons (Fsp3) is 0.500. The van der Waals surface area contributed by atoms with Crippen LogP contribution in [0.1, 0.15) is 38.3 Å². The second kappa shape index (κ2) is 6.70. The van der Waals surface area contributed by atoms with Gasteiger partial charge in [-0.25, -0.2) is 0 Å². The molecule has 3 N–H and O–H groups in total. The Labute approximate surface area is 97.9 Å². The highest BCUT2D eigenvalue weighted by molar-refractivity contribution is 5.85. The van der Waals surface area contributed by atoms with E-state index in [0.717, 1.165) is 18.4 Å². The summed E-state index contributed by atoms with van der Waals surface area (Å²) in [4.78, 5) is 0. The van der Waals surface area contributed by atoms with Crippen LogP contribution in [0.25, 0.3) is 0 Å². The molecule has 0 amide bonds. The zero-order chi connectivity index (χ0) is 10.6. The maximum Gasteiger partial charge on any atom is 0.120 e. The Hall–Kier alpha value is -0.730. The summed E-state index contributed by atoms with van der Waals surface area (Å²) < 4.78 is 0. The SMILES string of the molecule is CC(C)CC[C@H](N)c1ccccc1O.Cl.